The van der Waals surface area contributed by atoms with Gasteiger partial charge in [-0.15, -0.1) is 0 Å². The van der Waals surface area contributed by atoms with Crippen molar-refractivity contribution < 1.29 is 14.6 Å². The summed E-state index contributed by atoms with van der Waals surface area (Å²) in [7, 11) is 1.49. The van der Waals surface area contributed by atoms with Crippen LogP contribution < -0.4 is 15.5 Å². The molecule has 0 aliphatic rings. The molecule has 6 nitrogen and oxygen atoms in total. The minimum atomic E-state index is 0.0202. The van der Waals surface area contributed by atoms with Crippen LogP contribution in [-0.4, -0.2) is 43.3 Å². The molecule has 1 aromatic carbocycles. The number of phenolic OH excluding ortho intramolecular Hbond substituents is 1. The van der Waals surface area contributed by atoms with Crippen LogP contribution in [0.2, 0.25) is 0 Å². The van der Waals surface area contributed by atoms with E-state index in [4.69, 9.17) is 21.7 Å². The number of rotatable bonds is 8. The number of nitrogens with one attached hydrogen (secondary N) is 2. The van der Waals surface area contributed by atoms with Gasteiger partial charge < -0.3 is 19.9 Å². The van der Waals surface area contributed by atoms with Gasteiger partial charge in [-0.1, -0.05) is 15.9 Å². The van der Waals surface area contributed by atoms with Crippen LogP contribution in [0, 0.1) is 0 Å². The highest BCUT2D eigenvalue weighted by atomic mass is 79.9. The Kier molecular flexibility index (Phi) is 8.79. The van der Waals surface area contributed by atoms with Crippen molar-refractivity contribution in [3.05, 3.63) is 22.2 Å². The molecule has 3 N–H and O–H groups in total. The maximum absolute atomic E-state index is 9.98. The van der Waals surface area contributed by atoms with Gasteiger partial charge in [-0.25, -0.2) is 0 Å². The second kappa shape index (κ2) is 10.4. The first kappa shape index (κ1) is 18.7. The first-order chi connectivity index (χ1) is 10.6. The van der Waals surface area contributed by atoms with E-state index in [-0.39, 0.29) is 5.75 Å². The number of phenols is 1. The minimum Gasteiger partial charge on any atom is -0.504 e. The van der Waals surface area contributed by atoms with E-state index >= 15 is 0 Å². The summed E-state index contributed by atoms with van der Waals surface area (Å²) in [6.45, 7) is 4.08. The van der Waals surface area contributed by atoms with Crippen molar-refractivity contribution in [2.45, 2.75) is 13.3 Å². The molecular weight excluding hydrogens is 370 g/mol. The smallest absolute Gasteiger partial charge is 0.186 e. The van der Waals surface area contributed by atoms with Crippen LogP contribution >= 0.6 is 28.1 Å². The summed E-state index contributed by atoms with van der Waals surface area (Å²) in [6.07, 6.45) is 2.33. The molecule has 0 atom stereocenters. The SMILES string of the molecule is CCOCCCNC(=S)N/N=C/c1cc(Br)cc(OC)c1O. The average molecular weight is 390 g/mol. The second-order valence-corrected chi connectivity index (χ2v) is 5.55. The van der Waals surface area contributed by atoms with E-state index in [1.165, 1.54) is 13.3 Å². The molecule has 0 aliphatic carbocycles. The van der Waals surface area contributed by atoms with Crippen molar-refractivity contribution in [2.75, 3.05) is 26.9 Å². The summed E-state index contributed by atoms with van der Waals surface area (Å²) in [6, 6.07) is 3.40. The number of aromatic hydroxyl groups is 1. The zero-order valence-electron chi connectivity index (χ0n) is 12.6. The van der Waals surface area contributed by atoms with Crippen molar-refractivity contribution in [3.8, 4) is 11.5 Å². The largest absolute Gasteiger partial charge is 0.504 e. The molecule has 0 bridgehead atoms. The highest BCUT2D eigenvalue weighted by molar-refractivity contribution is 9.10. The molecule has 0 aromatic heterocycles. The van der Waals surface area contributed by atoms with Gasteiger partial charge in [0.2, 0.25) is 0 Å². The molecule has 0 amide bonds. The van der Waals surface area contributed by atoms with Crippen LogP contribution in [0.15, 0.2) is 21.7 Å². The van der Waals surface area contributed by atoms with E-state index in [0.717, 1.165) is 10.9 Å². The quantitative estimate of drug-likeness (QED) is 0.274. The number of hydrogen-bond acceptors (Lipinski definition) is 5. The van der Waals surface area contributed by atoms with Gasteiger partial charge in [-0.2, -0.15) is 5.10 Å². The maximum Gasteiger partial charge on any atom is 0.186 e. The van der Waals surface area contributed by atoms with Crippen LogP contribution in [0.25, 0.3) is 0 Å². The molecule has 1 rings (SSSR count). The second-order valence-electron chi connectivity index (χ2n) is 4.22. The highest BCUT2D eigenvalue weighted by Gasteiger charge is 2.07. The van der Waals surface area contributed by atoms with Crippen molar-refractivity contribution in [1.82, 2.24) is 10.7 Å². The Labute approximate surface area is 144 Å². The lowest BCUT2D eigenvalue weighted by atomic mass is 10.2. The van der Waals surface area contributed by atoms with Gasteiger partial charge in [0.25, 0.3) is 0 Å². The average Bonchev–Trinajstić information content (AvgIpc) is 2.50. The maximum atomic E-state index is 9.98. The molecule has 0 unspecified atom stereocenters. The fourth-order valence-electron chi connectivity index (χ4n) is 1.57. The summed E-state index contributed by atoms with van der Waals surface area (Å²) in [4.78, 5) is 0. The van der Waals surface area contributed by atoms with Crippen LogP contribution in [-0.2, 0) is 4.74 Å². The van der Waals surface area contributed by atoms with Crippen LogP contribution in [0.4, 0.5) is 0 Å². The molecule has 8 heteroatoms. The normalized spacial score (nSPS) is 10.7. The lowest BCUT2D eigenvalue weighted by Gasteiger charge is -2.08. The van der Waals surface area contributed by atoms with Gasteiger partial charge in [0.15, 0.2) is 16.6 Å². The van der Waals surface area contributed by atoms with Gasteiger partial charge in [0.1, 0.15) is 0 Å². The number of halogens is 1. The van der Waals surface area contributed by atoms with Gasteiger partial charge in [0, 0.05) is 29.8 Å². The van der Waals surface area contributed by atoms with E-state index < -0.39 is 0 Å². The summed E-state index contributed by atoms with van der Waals surface area (Å²) in [5.41, 5.74) is 3.20. The molecular formula is C14H20BrN3O3S. The van der Waals surface area contributed by atoms with Crippen LogP contribution in [0.5, 0.6) is 11.5 Å². The van der Waals surface area contributed by atoms with Gasteiger partial charge >= 0.3 is 0 Å². The number of hydrazone groups is 1. The fourth-order valence-corrected chi connectivity index (χ4v) is 2.18. The Bertz CT molecular complexity index is 526. The number of ether oxygens (including phenoxy) is 2. The van der Waals surface area contributed by atoms with Crippen molar-refractivity contribution in [3.63, 3.8) is 0 Å². The summed E-state index contributed by atoms with van der Waals surface area (Å²) < 4.78 is 11.1. The van der Waals surface area contributed by atoms with Crippen LogP contribution in [0.3, 0.4) is 0 Å². The Balaban J connectivity index is 2.45. The third-order valence-electron chi connectivity index (χ3n) is 2.61. The Morgan fingerprint density at radius 1 is 1.50 bits per heavy atom. The Hall–Kier alpha value is -1.38. The van der Waals surface area contributed by atoms with Gasteiger partial charge in [-0.05, 0) is 37.7 Å². The number of hydrogen-bond donors (Lipinski definition) is 3. The number of benzene rings is 1. The standard InChI is InChI=1S/C14H20BrN3O3S/c1-3-21-6-4-5-16-14(22)18-17-9-10-7-11(15)8-12(20-2)13(10)19/h7-9,19H,3-6H2,1-2H3,(H2,16,18,22)/b17-9+. The monoisotopic (exact) mass is 389 g/mol. The highest BCUT2D eigenvalue weighted by Crippen LogP contribution is 2.32. The molecule has 0 aliphatic heterocycles. The molecule has 0 radical (unpaired) electrons. The minimum absolute atomic E-state index is 0.0202. The lowest BCUT2D eigenvalue weighted by Crippen LogP contribution is -2.33. The summed E-state index contributed by atoms with van der Waals surface area (Å²) in [5.74, 6) is 0.388. The fraction of sp³-hybridized carbons (Fsp3) is 0.429. The van der Waals surface area contributed by atoms with E-state index in [1.54, 1.807) is 12.1 Å². The van der Waals surface area contributed by atoms with Gasteiger partial charge in [0.05, 0.1) is 13.3 Å². The van der Waals surface area contributed by atoms with Gasteiger partial charge in [-0.3, -0.25) is 5.43 Å². The van der Waals surface area contributed by atoms with E-state index in [2.05, 4.69) is 31.8 Å². The van der Waals surface area contributed by atoms with Crippen molar-refractivity contribution in [1.29, 1.82) is 0 Å². The van der Waals surface area contributed by atoms with Crippen molar-refractivity contribution >= 4 is 39.5 Å². The molecule has 0 fully saturated rings. The number of thiocarbonyl (C=S) groups is 1. The molecule has 22 heavy (non-hydrogen) atoms. The van der Waals surface area contributed by atoms with Crippen LogP contribution in [0.1, 0.15) is 18.9 Å². The number of methoxy groups -OCH3 is 1. The Morgan fingerprint density at radius 2 is 2.27 bits per heavy atom. The van der Waals surface area contributed by atoms with E-state index in [1.807, 2.05) is 6.92 Å². The first-order valence-corrected chi connectivity index (χ1v) is 7.99. The predicted octanol–water partition coefficient (Wildman–Crippen LogP) is 2.39. The molecule has 0 heterocycles. The predicted molar refractivity (Wildman–Crippen MR) is 94.8 cm³/mol. The number of nitrogens with zero attached hydrogens (tertiary/aromatic N) is 1. The zero-order chi connectivity index (χ0) is 16.4. The first-order valence-electron chi connectivity index (χ1n) is 6.79. The Morgan fingerprint density at radius 3 is 2.95 bits per heavy atom. The topological polar surface area (TPSA) is 75.1 Å². The summed E-state index contributed by atoms with van der Waals surface area (Å²) >= 11 is 8.42. The molecule has 1 aromatic rings. The zero-order valence-corrected chi connectivity index (χ0v) is 15.0. The molecule has 0 saturated heterocycles. The summed E-state index contributed by atoms with van der Waals surface area (Å²) in [5, 5.41) is 17.4. The third-order valence-corrected chi connectivity index (χ3v) is 3.31. The van der Waals surface area contributed by atoms with E-state index in [9.17, 15) is 5.11 Å². The molecule has 0 saturated carbocycles. The molecule has 122 valence electrons. The lowest BCUT2D eigenvalue weighted by molar-refractivity contribution is 0.145. The molecule has 0 spiro atoms. The van der Waals surface area contributed by atoms with E-state index in [0.29, 0.717) is 36.2 Å². The third kappa shape index (κ3) is 6.59. The van der Waals surface area contributed by atoms with Crippen molar-refractivity contribution in [2.24, 2.45) is 5.10 Å².